The molecule has 2 aliphatic rings. The highest BCUT2D eigenvalue weighted by molar-refractivity contribution is 6.11. The number of anilines is 2. The lowest BCUT2D eigenvalue weighted by Gasteiger charge is -2.41. The van der Waals surface area contributed by atoms with Crippen molar-refractivity contribution in [3.63, 3.8) is 0 Å². The zero-order valence-electron chi connectivity index (χ0n) is 32.7. The van der Waals surface area contributed by atoms with Crippen LogP contribution in [0.25, 0.3) is 55.0 Å². The van der Waals surface area contributed by atoms with Gasteiger partial charge in [0.15, 0.2) is 0 Å². The fourth-order valence-electron chi connectivity index (χ4n) is 10.4. The van der Waals surface area contributed by atoms with Gasteiger partial charge in [-0.3, -0.25) is 0 Å². The number of hydrogen-bond acceptors (Lipinski definition) is 2. The molecule has 0 saturated carbocycles. The molecule has 2 heterocycles. The molecule has 0 radical (unpaired) electrons. The third-order valence-corrected chi connectivity index (χ3v) is 12.9. The average molecular weight is 757 g/mol. The van der Waals surface area contributed by atoms with Gasteiger partial charge < -0.3 is 13.9 Å². The molecule has 0 amide bonds. The Hall–Kier alpha value is -7.36. The van der Waals surface area contributed by atoms with Gasteiger partial charge in [0, 0.05) is 44.7 Å². The van der Waals surface area contributed by atoms with Crippen LogP contribution >= 0.6 is 0 Å². The SMILES string of the molecule is CC1C=C2C(=CC1N(c1ccc3c(c1)oc1ccccc13)c1ccc3c(c1)c1ccccc1n3-c1ccccc1)C(c1ccccc1)(c1ccccc1)c1ccccc12. The van der Waals surface area contributed by atoms with Crippen molar-refractivity contribution < 1.29 is 4.42 Å². The molecule has 0 saturated heterocycles. The normalized spacial score (nSPS) is 16.9. The van der Waals surface area contributed by atoms with E-state index < -0.39 is 5.41 Å². The smallest absolute Gasteiger partial charge is 0.137 e. The van der Waals surface area contributed by atoms with Crippen molar-refractivity contribution in [3.05, 3.63) is 240 Å². The topological polar surface area (TPSA) is 21.3 Å². The fraction of sp³-hybridized carbons (Fsp3) is 0.0714. The second kappa shape index (κ2) is 13.1. The first kappa shape index (κ1) is 33.7. The van der Waals surface area contributed by atoms with Gasteiger partial charge in [-0.25, -0.2) is 0 Å². The first-order chi connectivity index (χ1) is 29.2. The molecule has 2 unspecified atom stereocenters. The summed E-state index contributed by atoms with van der Waals surface area (Å²) in [6.45, 7) is 2.38. The van der Waals surface area contributed by atoms with Gasteiger partial charge in [0.25, 0.3) is 0 Å². The van der Waals surface area contributed by atoms with Crippen molar-refractivity contribution in [1.82, 2.24) is 4.57 Å². The number of nitrogens with zero attached hydrogens (tertiary/aromatic N) is 2. The molecule has 10 aromatic rings. The molecule has 3 heteroatoms. The van der Waals surface area contributed by atoms with Crippen molar-refractivity contribution >= 4 is 60.7 Å². The van der Waals surface area contributed by atoms with E-state index >= 15 is 0 Å². The van der Waals surface area contributed by atoms with Gasteiger partial charge in [0.2, 0.25) is 0 Å². The van der Waals surface area contributed by atoms with Crippen LogP contribution < -0.4 is 4.90 Å². The first-order valence-corrected chi connectivity index (χ1v) is 20.6. The predicted octanol–water partition coefficient (Wildman–Crippen LogP) is 14.2. The summed E-state index contributed by atoms with van der Waals surface area (Å²) in [4.78, 5) is 2.56. The highest BCUT2D eigenvalue weighted by Crippen LogP contribution is 2.59. The van der Waals surface area contributed by atoms with Gasteiger partial charge in [0.1, 0.15) is 11.2 Å². The van der Waals surface area contributed by atoms with Crippen molar-refractivity contribution in [2.45, 2.75) is 18.4 Å². The molecule has 2 aliphatic carbocycles. The number of furan rings is 1. The van der Waals surface area contributed by atoms with E-state index in [1.54, 1.807) is 0 Å². The van der Waals surface area contributed by atoms with Crippen molar-refractivity contribution in [3.8, 4) is 5.69 Å². The number of allylic oxidation sites excluding steroid dienone is 2. The van der Waals surface area contributed by atoms with Crippen LogP contribution in [-0.2, 0) is 5.41 Å². The molecule has 3 nitrogen and oxygen atoms in total. The Labute approximate surface area is 343 Å². The predicted molar refractivity (Wildman–Crippen MR) is 245 cm³/mol. The number of para-hydroxylation sites is 3. The number of benzene rings is 8. The zero-order valence-corrected chi connectivity index (χ0v) is 32.7. The quantitative estimate of drug-likeness (QED) is 0.168. The van der Waals surface area contributed by atoms with Crippen LogP contribution in [0.4, 0.5) is 11.4 Å². The lowest BCUT2D eigenvalue weighted by molar-refractivity contribution is 0.599. The van der Waals surface area contributed by atoms with E-state index in [-0.39, 0.29) is 12.0 Å². The molecule has 2 atom stereocenters. The van der Waals surface area contributed by atoms with E-state index in [9.17, 15) is 0 Å². The second-order valence-corrected chi connectivity index (χ2v) is 16.1. The maximum absolute atomic E-state index is 6.58. The summed E-state index contributed by atoms with van der Waals surface area (Å²) in [5.74, 6) is 0.164. The van der Waals surface area contributed by atoms with Gasteiger partial charge in [-0.05, 0) is 93.9 Å². The Kier molecular flexibility index (Phi) is 7.49. The van der Waals surface area contributed by atoms with Crippen LogP contribution in [0, 0.1) is 5.92 Å². The molecule has 0 aliphatic heterocycles. The Bertz CT molecular complexity index is 3260. The largest absolute Gasteiger partial charge is 0.456 e. The maximum atomic E-state index is 6.58. The van der Waals surface area contributed by atoms with E-state index in [1.807, 2.05) is 6.07 Å². The van der Waals surface area contributed by atoms with Crippen molar-refractivity contribution in [2.75, 3.05) is 4.90 Å². The number of hydrogen-bond donors (Lipinski definition) is 0. The minimum absolute atomic E-state index is 0.0309. The summed E-state index contributed by atoms with van der Waals surface area (Å²) in [6, 6.07) is 72.9. The van der Waals surface area contributed by atoms with Crippen LogP contribution in [0.3, 0.4) is 0 Å². The molecule has 0 spiro atoms. The molecule has 2 aromatic heterocycles. The van der Waals surface area contributed by atoms with Crippen molar-refractivity contribution in [2.24, 2.45) is 5.92 Å². The summed E-state index contributed by atoms with van der Waals surface area (Å²) in [5.41, 5.74) is 14.9. The van der Waals surface area contributed by atoms with Crippen LogP contribution in [0.2, 0.25) is 0 Å². The molecule has 0 fully saturated rings. The third-order valence-electron chi connectivity index (χ3n) is 12.9. The Morgan fingerprint density at radius 3 is 1.86 bits per heavy atom. The van der Waals surface area contributed by atoms with Crippen molar-refractivity contribution in [1.29, 1.82) is 0 Å². The van der Waals surface area contributed by atoms with E-state index in [1.165, 1.54) is 55.2 Å². The molecular weight excluding hydrogens is 717 g/mol. The average Bonchev–Trinajstić information content (AvgIpc) is 3.93. The van der Waals surface area contributed by atoms with Crippen LogP contribution in [-0.4, -0.2) is 10.6 Å². The standard InChI is InChI=1S/C56H40N2O/c1-37-33-47-43-23-11-14-26-49(43)56(38-17-5-2-6-18-38,39-19-7-3-8-20-39)50(47)36-53(37)57(42-29-31-46-45-25-13-16-28-54(45)59-55(46)35-42)41-30-32-52-48(34-41)44-24-12-15-27-51(44)58(52)40-21-9-4-10-22-40/h2-37,53H,1H3. The summed E-state index contributed by atoms with van der Waals surface area (Å²) in [5, 5.41) is 4.72. The fourth-order valence-corrected chi connectivity index (χ4v) is 10.4. The van der Waals surface area contributed by atoms with Crippen LogP contribution in [0.1, 0.15) is 29.2 Å². The zero-order chi connectivity index (χ0) is 39.1. The molecule has 12 rings (SSSR count). The monoisotopic (exact) mass is 756 g/mol. The Morgan fingerprint density at radius 2 is 1.08 bits per heavy atom. The molecular formula is C56H40N2O. The van der Waals surface area contributed by atoms with Gasteiger partial charge in [-0.2, -0.15) is 0 Å². The van der Waals surface area contributed by atoms with Crippen LogP contribution in [0.15, 0.2) is 222 Å². The summed E-state index contributed by atoms with van der Waals surface area (Å²) in [7, 11) is 0. The van der Waals surface area contributed by atoms with E-state index in [0.717, 1.165) is 39.0 Å². The highest BCUT2D eigenvalue weighted by atomic mass is 16.3. The van der Waals surface area contributed by atoms with Gasteiger partial charge in [-0.1, -0.05) is 159 Å². The summed E-state index contributed by atoms with van der Waals surface area (Å²) < 4.78 is 8.97. The maximum Gasteiger partial charge on any atom is 0.137 e. The third kappa shape index (κ3) is 4.95. The Morgan fingerprint density at radius 1 is 0.492 bits per heavy atom. The lowest BCUT2D eigenvalue weighted by atomic mass is 9.66. The minimum Gasteiger partial charge on any atom is -0.456 e. The van der Waals surface area contributed by atoms with Gasteiger partial charge >= 0.3 is 0 Å². The molecule has 0 bridgehead atoms. The lowest BCUT2D eigenvalue weighted by Crippen LogP contribution is -2.38. The second-order valence-electron chi connectivity index (χ2n) is 16.1. The number of rotatable bonds is 6. The summed E-state index contributed by atoms with van der Waals surface area (Å²) >= 11 is 0. The molecule has 59 heavy (non-hydrogen) atoms. The highest BCUT2D eigenvalue weighted by Gasteiger charge is 2.50. The number of fused-ring (bicyclic) bond motifs is 9. The minimum atomic E-state index is -0.495. The molecule has 280 valence electrons. The summed E-state index contributed by atoms with van der Waals surface area (Å²) in [6.07, 6.45) is 5.14. The van der Waals surface area contributed by atoms with E-state index in [0.29, 0.717) is 0 Å². The van der Waals surface area contributed by atoms with E-state index in [2.05, 4.69) is 223 Å². The van der Waals surface area contributed by atoms with Gasteiger partial charge in [-0.15, -0.1) is 0 Å². The molecule has 0 N–H and O–H groups in total. The van der Waals surface area contributed by atoms with E-state index in [4.69, 9.17) is 4.42 Å². The molecule has 8 aromatic carbocycles. The Balaban J connectivity index is 1.13. The number of aromatic nitrogens is 1. The first-order valence-electron chi connectivity index (χ1n) is 20.6. The van der Waals surface area contributed by atoms with Gasteiger partial charge in [0.05, 0.1) is 22.5 Å². The van der Waals surface area contributed by atoms with Crippen LogP contribution in [0.5, 0.6) is 0 Å².